The van der Waals surface area contributed by atoms with Crippen molar-refractivity contribution in [1.29, 1.82) is 0 Å². The maximum absolute atomic E-state index is 13.7. The van der Waals surface area contributed by atoms with Crippen molar-refractivity contribution in [2.24, 2.45) is 4.99 Å². The van der Waals surface area contributed by atoms with Crippen LogP contribution in [0.15, 0.2) is 28.6 Å². The molecule has 1 unspecified atom stereocenters. The molecule has 0 amide bonds. The fraction of sp³-hybridized carbons (Fsp3) is 0.444. The number of aliphatic imine (C=N–C) groups is 1. The summed E-state index contributed by atoms with van der Waals surface area (Å²) >= 11 is 0.972. The van der Waals surface area contributed by atoms with E-state index in [0.29, 0.717) is 29.5 Å². The van der Waals surface area contributed by atoms with Gasteiger partial charge >= 0.3 is 6.18 Å². The molecule has 0 aliphatic carbocycles. The zero-order valence-electron chi connectivity index (χ0n) is 15.7. The molecule has 0 saturated heterocycles. The lowest BCUT2D eigenvalue weighted by atomic mass is 10.1. The summed E-state index contributed by atoms with van der Waals surface area (Å²) < 4.78 is 51.5. The van der Waals surface area contributed by atoms with Crippen LogP contribution in [0.3, 0.4) is 0 Å². The van der Waals surface area contributed by atoms with Gasteiger partial charge in [0.2, 0.25) is 0 Å². The lowest BCUT2D eigenvalue weighted by Gasteiger charge is -2.18. The average molecular weight is 530 g/mol. The van der Waals surface area contributed by atoms with E-state index in [2.05, 4.69) is 20.6 Å². The molecule has 1 atom stereocenters. The molecule has 0 aliphatic rings. The molecule has 4 nitrogen and oxygen atoms in total. The van der Waals surface area contributed by atoms with E-state index >= 15 is 0 Å². The van der Waals surface area contributed by atoms with Crippen LogP contribution in [0.2, 0.25) is 0 Å². The first-order valence-electron chi connectivity index (χ1n) is 8.53. The van der Waals surface area contributed by atoms with Gasteiger partial charge in [-0.15, -0.1) is 35.3 Å². The summed E-state index contributed by atoms with van der Waals surface area (Å²) in [6, 6.07) is 4.85. The fourth-order valence-corrected chi connectivity index (χ4v) is 3.10. The van der Waals surface area contributed by atoms with E-state index < -0.39 is 11.9 Å². The molecule has 0 bridgehead atoms. The highest BCUT2D eigenvalue weighted by Crippen LogP contribution is 2.30. The molecule has 0 spiro atoms. The van der Waals surface area contributed by atoms with Crippen LogP contribution in [0, 0.1) is 12.7 Å². The van der Waals surface area contributed by atoms with Crippen LogP contribution < -0.4 is 10.6 Å². The third kappa shape index (κ3) is 7.19. The number of nitrogens with zero attached hydrogens (tertiary/aromatic N) is 2. The quantitative estimate of drug-likeness (QED) is 0.237. The normalized spacial score (nSPS) is 13.0. The first-order valence-corrected chi connectivity index (χ1v) is 9.41. The van der Waals surface area contributed by atoms with Crippen LogP contribution >= 0.6 is 35.3 Å². The van der Waals surface area contributed by atoms with Gasteiger partial charge in [0.25, 0.3) is 0 Å². The van der Waals surface area contributed by atoms with Crippen molar-refractivity contribution in [3.63, 3.8) is 0 Å². The maximum Gasteiger partial charge on any atom is 0.434 e. The summed E-state index contributed by atoms with van der Waals surface area (Å²) in [5, 5.41) is 7.64. The average Bonchev–Trinajstić information content (AvgIpc) is 3.06. The Hall–Kier alpha value is -1.43. The van der Waals surface area contributed by atoms with Crippen molar-refractivity contribution in [2.45, 2.75) is 39.4 Å². The molecule has 2 N–H and O–H groups in total. The van der Waals surface area contributed by atoms with Gasteiger partial charge in [0.05, 0.1) is 11.0 Å². The van der Waals surface area contributed by atoms with Gasteiger partial charge in [0.15, 0.2) is 11.7 Å². The minimum Gasteiger partial charge on any atom is -0.357 e. The van der Waals surface area contributed by atoms with E-state index in [1.807, 2.05) is 19.9 Å². The second-order valence-corrected chi connectivity index (χ2v) is 6.95. The molecular formula is C18H23F4IN4S. The van der Waals surface area contributed by atoms with E-state index in [1.165, 1.54) is 6.07 Å². The second-order valence-electron chi connectivity index (χ2n) is 6.01. The van der Waals surface area contributed by atoms with Crippen molar-refractivity contribution in [2.75, 3.05) is 13.1 Å². The molecule has 2 aromatic rings. The molecular weight excluding hydrogens is 507 g/mol. The predicted molar refractivity (Wildman–Crippen MR) is 115 cm³/mol. The van der Waals surface area contributed by atoms with Gasteiger partial charge in [-0.25, -0.2) is 9.37 Å². The number of hydrogen-bond acceptors (Lipinski definition) is 3. The van der Waals surface area contributed by atoms with Crippen LogP contribution in [0.4, 0.5) is 17.6 Å². The molecule has 2 rings (SSSR count). The number of halogens is 5. The standard InChI is InChI=1S/C18H22F4N4S.HI/c1-4-23-17(25-12(3)13-6-5-11(2)14(19)9-13)24-8-7-16-26-15(10-27-16)18(20,21)22;/h5-6,9-10,12H,4,7-8H2,1-3H3,(H2,23,24,25);1H. The van der Waals surface area contributed by atoms with Crippen LogP contribution in [-0.4, -0.2) is 24.0 Å². The Morgan fingerprint density at radius 2 is 2.04 bits per heavy atom. The van der Waals surface area contributed by atoms with Crippen LogP contribution in [0.1, 0.15) is 41.7 Å². The Balaban J connectivity index is 0.00000392. The first-order chi connectivity index (χ1) is 12.7. The molecule has 1 aromatic carbocycles. The number of rotatable bonds is 6. The zero-order chi connectivity index (χ0) is 20.0. The first kappa shape index (κ1) is 24.6. The van der Waals surface area contributed by atoms with E-state index in [9.17, 15) is 17.6 Å². The lowest BCUT2D eigenvalue weighted by molar-refractivity contribution is -0.140. The third-order valence-corrected chi connectivity index (χ3v) is 4.74. The van der Waals surface area contributed by atoms with Crippen LogP contribution in [0.25, 0.3) is 0 Å². The van der Waals surface area contributed by atoms with Gasteiger partial charge in [-0.3, -0.25) is 4.99 Å². The van der Waals surface area contributed by atoms with Crippen molar-refractivity contribution in [1.82, 2.24) is 15.6 Å². The second kappa shape index (κ2) is 10.9. The Labute approximate surface area is 182 Å². The van der Waals surface area contributed by atoms with Gasteiger partial charge in [-0.2, -0.15) is 13.2 Å². The van der Waals surface area contributed by atoms with E-state index in [1.54, 1.807) is 13.0 Å². The summed E-state index contributed by atoms with van der Waals surface area (Å²) in [5.74, 6) is 0.242. The molecule has 28 heavy (non-hydrogen) atoms. The molecule has 1 aromatic heterocycles. The molecule has 0 aliphatic heterocycles. The van der Waals surface area contributed by atoms with E-state index in [-0.39, 0.29) is 42.4 Å². The molecule has 1 heterocycles. The van der Waals surface area contributed by atoms with Crippen molar-refractivity contribution in [3.05, 3.63) is 51.2 Å². The number of aryl methyl sites for hydroxylation is 1. The van der Waals surface area contributed by atoms with Gasteiger partial charge in [0, 0.05) is 24.9 Å². The number of benzene rings is 1. The van der Waals surface area contributed by atoms with E-state index in [4.69, 9.17) is 0 Å². The van der Waals surface area contributed by atoms with Gasteiger partial charge in [0.1, 0.15) is 5.82 Å². The summed E-state index contributed by atoms with van der Waals surface area (Å²) in [6.07, 6.45) is -4.11. The number of hydrogen-bond donors (Lipinski definition) is 2. The third-order valence-electron chi connectivity index (χ3n) is 3.83. The van der Waals surface area contributed by atoms with Gasteiger partial charge in [-0.05, 0) is 38.0 Å². The van der Waals surface area contributed by atoms with Gasteiger partial charge < -0.3 is 10.6 Å². The van der Waals surface area contributed by atoms with Crippen molar-refractivity contribution in [3.8, 4) is 0 Å². The monoisotopic (exact) mass is 530 g/mol. The molecule has 0 radical (unpaired) electrons. The molecule has 156 valence electrons. The number of alkyl halides is 3. The van der Waals surface area contributed by atoms with Crippen LogP contribution in [0.5, 0.6) is 0 Å². The van der Waals surface area contributed by atoms with Crippen molar-refractivity contribution < 1.29 is 17.6 Å². The number of guanidine groups is 1. The lowest BCUT2D eigenvalue weighted by Crippen LogP contribution is -2.38. The number of aromatic nitrogens is 1. The predicted octanol–water partition coefficient (Wildman–Crippen LogP) is 5.09. The zero-order valence-corrected chi connectivity index (χ0v) is 18.9. The topological polar surface area (TPSA) is 49.3 Å². The summed E-state index contributed by atoms with van der Waals surface area (Å²) in [5.41, 5.74) is 0.484. The largest absolute Gasteiger partial charge is 0.434 e. The highest BCUT2D eigenvalue weighted by Gasteiger charge is 2.33. The highest BCUT2D eigenvalue weighted by molar-refractivity contribution is 14.0. The van der Waals surface area contributed by atoms with Gasteiger partial charge in [-0.1, -0.05) is 12.1 Å². The minimum atomic E-state index is -4.42. The molecule has 0 fully saturated rings. The Morgan fingerprint density at radius 1 is 1.32 bits per heavy atom. The summed E-state index contributed by atoms with van der Waals surface area (Å²) in [7, 11) is 0. The summed E-state index contributed by atoms with van der Waals surface area (Å²) in [6.45, 7) is 6.40. The smallest absolute Gasteiger partial charge is 0.357 e. The Bertz CT molecular complexity index is 792. The highest BCUT2D eigenvalue weighted by atomic mass is 127. The fourth-order valence-electron chi connectivity index (χ4n) is 2.31. The summed E-state index contributed by atoms with van der Waals surface area (Å²) in [4.78, 5) is 7.96. The Kier molecular flexibility index (Phi) is 9.61. The molecule has 0 saturated carbocycles. The maximum atomic E-state index is 13.7. The SMILES string of the molecule is CCNC(=NCCc1nc(C(F)(F)F)cs1)NC(C)c1ccc(C)c(F)c1.I. The van der Waals surface area contributed by atoms with Crippen molar-refractivity contribution >= 4 is 41.3 Å². The number of nitrogens with one attached hydrogen (secondary N) is 2. The molecule has 10 heteroatoms. The number of thiazole rings is 1. The Morgan fingerprint density at radius 3 is 2.61 bits per heavy atom. The van der Waals surface area contributed by atoms with E-state index in [0.717, 1.165) is 22.3 Å². The van der Waals surface area contributed by atoms with Crippen LogP contribution in [-0.2, 0) is 12.6 Å². The minimum absolute atomic E-state index is 0.